The van der Waals surface area contributed by atoms with Crippen LogP contribution in [-0.4, -0.2) is 46.0 Å². The third-order valence-corrected chi connectivity index (χ3v) is 3.46. The van der Waals surface area contributed by atoms with E-state index < -0.39 is 12.0 Å². The number of esters is 1. The number of aryl methyl sites for hydroxylation is 1. The van der Waals surface area contributed by atoms with Crippen molar-refractivity contribution >= 4 is 23.6 Å². The Morgan fingerprint density at radius 3 is 2.65 bits per heavy atom. The molecule has 0 unspecified atom stereocenters. The van der Waals surface area contributed by atoms with Gasteiger partial charge in [-0.1, -0.05) is 32.5 Å². The van der Waals surface area contributed by atoms with Crippen molar-refractivity contribution in [3.05, 3.63) is 5.82 Å². The van der Waals surface area contributed by atoms with Crippen molar-refractivity contribution in [1.82, 2.24) is 20.5 Å². The first-order valence-corrected chi connectivity index (χ1v) is 7.37. The molecule has 1 rings (SSSR count). The molecular formula is C12H20N4O3S. The molecule has 0 aliphatic rings. The number of aromatic nitrogens is 3. The summed E-state index contributed by atoms with van der Waals surface area (Å²) in [4.78, 5) is 27.5. The maximum absolute atomic E-state index is 11.8. The van der Waals surface area contributed by atoms with Crippen molar-refractivity contribution in [1.29, 1.82) is 0 Å². The second-order valence-electron chi connectivity index (χ2n) is 4.52. The molecule has 112 valence electrons. The summed E-state index contributed by atoms with van der Waals surface area (Å²) < 4.78 is 4.67. The second-order valence-corrected chi connectivity index (χ2v) is 5.46. The number of ether oxygens (including phenoxy) is 1. The zero-order chi connectivity index (χ0) is 15.1. The highest BCUT2D eigenvalue weighted by molar-refractivity contribution is 7.99. The maximum atomic E-state index is 11.8. The third-order valence-electron chi connectivity index (χ3n) is 2.62. The van der Waals surface area contributed by atoms with Crippen molar-refractivity contribution in [2.75, 3.05) is 12.9 Å². The normalized spacial score (nSPS) is 12.2. The van der Waals surface area contributed by atoms with E-state index in [1.165, 1.54) is 18.9 Å². The van der Waals surface area contributed by atoms with Crippen LogP contribution < -0.4 is 5.32 Å². The van der Waals surface area contributed by atoms with Crippen LogP contribution in [-0.2, 0) is 20.7 Å². The topological polar surface area (TPSA) is 97.0 Å². The molecule has 0 saturated heterocycles. The summed E-state index contributed by atoms with van der Waals surface area (Å²) in [5, 5.41) is 9.94. The maximum Gasteiger partial charge on any atom is 0.328 e. The van der Waals surface area contributed by atoms with Crippen LogP contribution in [0, 0.1) is 5.92 Å². The van der Waals surface area contributed by atoms with Gasteiger partial charge in [0.25, 0.3) is 0 Å². The number of methoxy groups -OCH3 is 1. The predicted octanol–water partition coefficient (Wildman–Crippen LogP) is 0.773. The minimum atomic E-state index is -0.633. The summed E-state index contributed by atoms with van der Waals surface area (Å²) in [6.45, 7) is 5.65. The second kappa shape index (κ2) is 7.88. The van der Waals surface area contributed by atoms with E-state index in [2.05, 4.69) is 25.2 Å². The SMILES string of the molecule is CCc1nc(SCC(=O)N[C@H](C(=O)OC)C(C)C)n[nH]1. The third kappa shape index (κ3) is 4.84. The van der Waals surface area contributed by atoms with Gasteiger partial charge in [0, 0.05) is 6.42 Å². The molecule has 7 nitrogen and oxygen atoms in total. The Balaban J connectivity index is 2.47. The van der Waals surface area contributed by atoms with Crippen LogP contribution in [0.5, 0.6) is 0 Å². The molecule has 20 heavy (non-hydrogen) atoms. The monoisotopic (exact) mass is 300 g/mol. The Labute approximate surface area is 122 Å². The Bertz CT molecular complexity index is 461. The van der Waals surface area contributed by atoms with Gasteiger partial charge >= 0.3 is 5.97 Å². The van der Waals surface area contributed by atoms with E-state index in [-0.39, 0.29) is 17.6 Å². The molecule has 0 radical (unpaired) electrons. The van der Waals surface area contributed by atoms with E-state index in [1.807, 2.05) is 20.8 Å². The number of hydrogen-bond acceptors (Lipinski definition) is 6. The molecule has 1 atom stereocenters. The van der Waals surface area contributed by atoms with Crippen molar-refractivity contribution in [2.45, 2.75) is 38.4 Å². The fourth-order valence-electron chi connectivity index (χ4n) is 1.47. The number of nitrogens with zero attached hydrogens (tertiary/aromatic N) is 2. The molecule has 1 aromatic heterocycles. The van der Waals surface area contributed by atoms with Gasteiger partial charge in [0.2, 0.25) is 11.1 Å². The fraction of sp³-hybridized carbons (Fsp3) is 0.667. The van der Waals surface area contributed by atoms with E-state index >= 15 is 0 Å². The van der Waals surface area contributed by atoms with Gasteiger partial charge in [-0.2, -0.15) is 0 Å². The zero-order valence-corrected chi connectivity index (χ0v) is 12.9. The van der Waals surface area contributed by atoms with Crippen LogP contribution in [0.2, 0.25) is 0 Å². The molecule has 0 aromatic carbocycles. The van der Waals surface area contributed by atoms with Crippen LogP contribution >= 0.6 is 11.8 Å². The Hall–Kier alpha value is -1.57. The highest BCUT2D eigenvalue weighted by Gasteiger charge is 2.24. The van der Waals surface area contributed by atoms with Crippen LogP contribution in [0.1, 0.15) is 26.6 Å². The van der Waals surface area contributed by atoms with E-state index in [9.17, 15) is 9.59 Å². The summed E-state index contributed by atoms with van der Waals surface area (Å²) in [5.41, 5.74) is 0. The van der Waals surface area contributed by atoms with Gasteiger partial charge in [-0.05, 0) is 5.92 Å². The van der Waals surface area contributed by atoms with Crippen molar-refractivity contribution < 1.29 is 14.3 Å². The Morgan fingerprint density at radius 1 is 1.45 bits per heavy atom. The summed E-state index contributed by atoms with van der Waals surface area (Å²) in [7, 11) is 1.30. The van der Waals surface area contributed by atoms with Crippen LogP contribution in [0.4, 0.5) is 0 Å². The predicted molar refractivity (Wildman–Crippen MR) is 75.3 cm³/mol. The average molecular weight is 300 g/mol. The summed E-state index contributed by atoms with van der Waals surface area (Å²) in [5.74, 6) is 0.210. The quantitative estimate of drug-likeness (QED) is 0.570. The van der Waals surface area contributed by atoms with Gasteiger partial charge in [-0.25, -0.2) is 9.78 Å². The number of hydrogen-bond donors (Lipinski definition) is 2. The highest BCUT2D eigenvalue weighted by atomic mass is 32.2. The summed E-state index contributed by atoms with van der Waals surface area (Å²) in [6.07, 6.45) is 0.761. The molecule has 0 bridgehead atoms. The van der Waals surface area contributed by atoms with Gasteiger partial charge in [0.15, 0.2) is 0 Å². The first-order chi connectivity index (χ1) is 9.47. The molecule has 0 aliphatic heterocycles. The fourth-order valence-corrected chi connectivity index (χ4v) is 2.10. The molecule has 2 N–H and O–H groups in total. The lowest BCUT2D eigenvalue weighted by molar-refractivity contribution is -0.146. The number of thioether (sulfide) groups is 1. The summed E-state index contributed by atoms with van der Waals surface area (Å²) >= 11 is 1.22. The molecule has 0 saturated carbocycles. The first kappa shape index (κ1) is 16.5. The summed E-state index contributed by atoms with van der Waals surface area (Å²) in [6, 6.07) is -0.633. The van der Waals surface area contributed by atoms with Gasteiger partial charge in [0.05, 0.1) is 12.9 Å². The first-order valence-electron chi connectivity index (χ1n) is 6.39. The molecule has 0 spiro atoms. The van der Waals surface area contributed by atoms with Crippen molar-refractivity contribution in [2.24, 2.45) is 5.92 Å². The number of H-pyrrole nitrogens is 1. The van der Waals surface area contributed by atoms with E-state index in [0.717, 1.165) is 12.2 Å². The molecule has 1 aromatic rings. The zero-order valence-electron chi connectivity index (χ0n) is 12.1. The number of carbonyl (C=O) groups is 2. The molecule has 1 heterocycles. The molecular weight excluding hydrogens is 280 g/mol. The van der Waals surface area contributed by atoms with Crippen molar-refractivity contribution in [3.63, 3.8) is 0 Å². The Morgan fingerprint density at radius 2 is 2.15 bits per heavy atom. The lowest BCUT2D eigenvalue weighted by Gasteiger charge is -2.19. The lowest BCUT2D eigenvalue weighted by Crippen LogP contribution is -2.45. The lowest BCUT2D eigenvalue weighted by atomic mass is 10.1. The minimum absolute atomic E-state index is 0.0356. The number of rotatable bonds is 7. The molecule has 1 amide bonds. The molecule has 0 fully saturated rings. The number of aromatic amines is 1. The largest absolute Gasteiger partial charge is 0.467 e. The van der Waals surface area contributed by atoms with Gasteiger partial charge in [-0.3, -0.25) is 9.89 Å². The Kier molecular flexibility index (Phi) is 6.50. The van der Waals surface area contributed by atoms with Crippen molar-refractivity contribution in [3.8, 4) is 0 Å². The van der Waals surface area contributed by atoms with E-state index in [1.54, 1.807) is 0 Å². The van der Waals surface area contributed by atoms with E-state index in [0.29, 0.717) is 5.16 Å². The number of nitrogens with one attached hydrogen (secondary N) is 2. The highest BCUT2D eigenvalue weighted by Crippen LogP contribution is 2.12. The van der Waals surface area contributed by atoms with Crippen LogP contribution in [0.15, 0.2) is 5.16 Å². The van der Waals surface area contributed by atoms with Crippen LogP contribution in [0.25, 0.3) is 0 Å². The van der Waals surface area contributed by atoms with Gasteiger partial charge < -0.3 is 10.1 Å². The van der Waals surface area contributed by atoms with Gasteiger partial charge in [-0.15, -0.1) is 5.10 Å². The van der Waals surface area contributed by atoms with Gasteiger partial charge in [0.1, 0.15) is 11.9 Å². The molecule has 0 aliphatic carbocycles. The van der Waals surface area contributed by atoms with Crippen LogP contribution in [0.3, 0.4) is 0 Å². The number of amides is 1. The average Bonchev–Trinajstić information content (AvgIpc) is 2.89. The minimum Gasteiger partial charge on any atom is -0.467 e. The smallest absolute Gasteiger partial charge is 0.328 e. The standard InChI is InChI=1S/C12H20N4O3S/c1-5-8-13-12(16-15-8)20-6-9(17)14-10(7(2)3)11(18)19-4/h7,10H,5-6H2,1-4H3,(H,14,17)(H,13,15,16)/t10-/m0/s1. The molecule has 8 heteroatoms. The van der Waals surface area contributed by atoms with E-state index in [4.69, 9.17) is 0 Å². The number of carbonyl (C=O) groups excluding carboxylic acids is 2.